The van der Waals surface area contributed by atoms with Crippen LogP contribution in [0.5, 0.6) is 5.75 Å². The van der Waals surface area contributed by atoms with Crippen LogP contribution in [0.3, 0.4) is 0 Å². The molecule has 7 nitrogen and oxygen atoms in total. The van der Waals surface area contributed by atoms with Gasteiger partial charge in [-0.05, 0) is 36.8 Å². The Labute approximate surface area is 182 Å². The van der Waals surface area contributed by atoms with E-state index < -0.39 is 0 Å². The van der Waals surface area contributed by atoms with Crippen molar-refractivity contribution in [3.05, 3.63) is 65.9 Å². The molecule has 0 saturated carbocycles. The molecule has 2 aromatic carbocycles. The summed E-state index contributed by atoms with van der Waals surface area (Å²) in [6.07, 6.45) is 0. The lowest BCUT2D eigenvalue weighted by molar-refractivity contribution is -0.120. The molecule has 0 aromatic heterocycles. The number of carbonyl (C=O) groups excluding carboxylic acids is 2. The Morgan fingerprint density at radius 3 is 2.00 bits per heavy atom. The Bertz CT molecular complexity index is 917. The number of methoxy groups -OCH3 is 2. The maximum absolute atomic E-state index is 13.5. The van der Waals surface area contributed by atoms with Crippen LogP contribution in [0.15, 0.2) is 60.3 Å². The summed E-state index contributed by atoms with van der Waals surface area (Å²) in [7, 11) is 3.21. The molecule has 2 amide bonds. The Morgan fingerprint density at radius 2 is 1.45 bits per heavy atom. The molecule has 0 spiro atoms. The van der Waals surface area contributed by atoms with Gasteiger partial charge in [-0.2, -0.15) is 0 Å². The van der Waals surface area contributed by atoms with E-state index >= 15 is 0 Å². The molecule has 0 N–H and O–H groups in total. The van der Waals surface area contributed by atoms with E-state index in [-0.39, 0.29) is 11.8 Å². The van der Waals surface area contributed by atoms with Crippen LogP contribution in [0.25, 0.3) is 5.57 Å². The second-order valence-electron chi connectivity index (χ2n) is 6.93. The highest BCUT2D eigenvalue weighted by molar-refractivity contribution is 6.45. The monoisotopic (exact) mass is 424 g/mol. The van der Waals surface area contributed by atoms with Crippen LogP contribution in [0.2, 0.25) is 0 Å². The van der Waals surface area contributed by atoms with Crippen LogP contribution in [0.4, 0.5) is 5.69 Å². The summed E-state index contributed by atoms with van der Waals surface area (Å²) in [4.78, 5) is 30.1. The molecular weight excluding hydrogens is 396 g/mol. The van der Waals surface area contributed by atoms with Gasteiger partial charge in [-0.15, -0.1) is 0 Å². The van der Waals surface area contributed by atoms with E-state index in [1.165, 1.54) is 4.90 Å². The third-order valence-electron chi connectivity index (χ3n) is 4.97. The van der Waals surface area contributed by atoms with Crippen molar-refractivity contribution in [2.24, 2.45) is 0 Å². The Kier molecular flexibility index (Phi) is 7.81. The van der Waals surface area contributed by atoms with Gasteiger partial charge in [0.15, 0.2) is 0 Å². The number of nitrogens with zero attached hydrogens (tertiary/aromatic N) is 2. The number of amides is 2. The van der Waals surface area contributed by atoms with Gasteiger partial charge in [0.25, 0.3) is 11.8 Å². The summed E-state index contributed by atoms with van der Waals surface area (Å²) in [6.45, 7) is 4.20. The van der Waals surface area contributed by atoms with Gasteiger partial charge in [0.1, 0.15) is 11.4 Å². The van der Waals surface area contributed by atoms with Crippen molar-refractivity contribution in [3.8, 4) is 5.75 Å². The Hall–Kier alpha value is -3.16. The summed E-state index contributed by atoms with van der Waals surface area (Å²) in [5.74, 6) is 0.00296. The first-order chi connectivity index (χ1) is 15.1. The van der Waals surface area contributed by atoms with Crippen LogP contribution < -0.4 is 9.64 Å². The molecule has 1 aliphatic heterocycles. The molecule has 0 bridgehead atoms. The minimum absolute atomic E-state index is 0.352. The van der Waals surface area contributed by atoms with Crippen molar-refractivity contribution in [2.75, 3.05) is 52.0 Å². The fraction of sp³-hybridized carbons (Fsp3) is 0.333. The van der Waals surface area contributed by atoms with E-state index in [9.17, 15) is 9.59 Å². The topological polar surface area (TPSA) is 68.3 Å². The van der Waals surface area contributed by atoms with Crippen LogP contribution in [0, 0.1) is 0 Å². The zero-order chi connectivity index (χ0) is 22.2. The highest BCUT2D eigenvalue weighted by Gasteiger charge is 2.42. The van der Waals surface area contributed by atoms with Crippen molar-refractivity contribution in [1.82, 2.24) is 4.90 Å². The van der Waals surface area contributed by atoms with Crippen molar-refractivity contribution in [2.45, 2.75) is 6.92 Å². The predicted octanol–water partition coefficient (Wildman–Crippen LogP) is 2.96. The SMILES string of the molecule is CCOc1ccc(C2=C(N(CCOC)CCOC)C(=O)N(c3ccccc3)C2=O)cc1. The van der Waals surface area contributed by atoms with E-state index in [2.05, 4.69) is 0 Å². The van der Waals surface area contributed by atoms with Crippen molar-refractivity contribution < 1.29 is 23.8 Å². The number of hydrogen-bond acceptors (Lipinski definition) is 6. The quantitative estimate of drug-likeness (QED) is 0.517. The number of benzene rings is 2. The standard InChI is InChI=1S/C24H28N2O5/c1-4-31-20-12-10-18(11-13-20)21-22(25(14-16-29-2)15-17-30-3)24(28)26(23(21)27)19-8-6-5-7-9-19/h5-13H,4,14-17H2,1-3H3. The average molecular weight is 424 g/mol. The van der Waals surface area contributed by atoms with Gasteiger partial charge >= 0.3 is 0 Å². The van der Waals surface area contributed by atoms with Crippen LogP contribution in [-0.4, -0.2) is 63.8 Å². The highest BCUT2D eigenvalue weighted by atomic mass is 16.5. The fourth-order valence-corrected chi connectivity index (χ4v) is 3.51. The number of para-hydroxylation sites is 1. The third-order valence-corrected chi connectivity index (χ3v) is 4.97. The summed E-state index contributed by atoms with van der Waals surface area (Å²) in [5.41, 5.74) is 1.92. The van der Waals surface area contributed by atoms with E-state index in [1.54, 1.807) is 50.6 Å². The molecule has 0 radical (unpaired) electrons. The highest BCUT2D eigenvalue weighted by Crippen LogP contribution is 2.35. The van der Waals surface area contributed by atoms with Gasteiger partial charge < -0.3 is 19.1 Å². The van der Waals surface area contributed by atoms with Gasteiger partial charge in [0, 0.05) is 27.3 Å². The van der Waals surface area contributed by atoms with Gasteiger partial charge in [-0.3, -0.25) is 9.59 Å². The molecule has 31 heavy (non-hydrogen) atoms. The normalized spacial score (nSPS) is 13.8. The smallest absolute Gasteiger partial charge is 0.282 e. The number of rotatable bonds is 11. The minimum Gasteiger partial charge on any atom is -0.494 e. The number of imide groups is 1. The minimum atomic E-state index is -0.354. The molecule has 7 heteroatoms. The van der Waals surface area contributed by atoms with E-state index in [4.69, 9.17) is 14.2 Å². The van der Waals surface area contributed by atoms with E-state index in [1.807, 2.05) is 30.0 Å². The maximum atomic E-state index is 13.5. The van der Waals surface area contributed by atoms with Gasteiger partial charge in [-0.1, -0.05) is 30.3 Å². The summed E-state index contributed by atoms with van der Waals surface area (Å²) in [6, 6.07) is 16.2. The first kappa shape index (κ1) is 22.5. The first-order valence-electron chi connectivity index (χ1n) is 10.3. The van der Waals surface area contributed by atoms with Crippen molar-refractivity contribution >= 4 is 23.1 Å². The summed E-state index contributed by atoms with van der Waals surface area (Å²) in [5, 5.41) is 0. The van der Waals surface area contributed by atoms with Crippen molar-refractivity contribution in [1.29, 1.82) is 0 Å². The second-order valence-corrected chi connectivity index (χ2v) is 6.93. The lowest BCUT2D eigenvalue weighted by Gasteiger charge is -2.25. The molecular formula is C24H28N2O5. The molecule has 164 valence electrons. The average Bonchev–Trinajstić information content (AvgIpc) is 3.05. The van der Waals surface area contributed by atoms with Crippen LogP contribution in [0.1, 0.15) is 12.5 Å². The Morgan fingerprint density at radius 1 is 0.839 bits per heavy atom. The molecule has 0 saturated heterocycles. The first-order valence-corrected chi connectivity index (χ1v) is 10.3. The van der Waals surface area contributed by atoms with Gasteiger partial charge in [-0.25, -0.2) is 4.90 Å². The maximum Gasteiger partial charge on any atom is 0.282 e. The van der Waals surface area contributed by atoms with Gasteiger partial charge in [0.2, 0.25) is 0 Å². The molecule has 1 aliphatic rings. The number of ether oxygens (including phenoxy) is 3. The summed E-state index contributed by atoms with van der Waals surface area (Å²) >= 11 is 0. The molecule has 0 aliphatic carbocycles. The molecule has 1 heterocycles. The second kappa shape index (κ2) is 10.7. The molecule has 0 atom stereocenters. The van der Waals surface area contributed by atoms with Gasteiger partial charge in [0.05, 0.1) is 31.1 Å². The number of anilines is 1. The lowest BCUT2D eigenvalue weighted by Crippen LogP contribution is -2.37. The number of hydrogen-bond donors (Lipinski definition) is 0. The zero-order valence-electron chi connectivity index (χ0n) is 18.2. The third kappa shape index (κ3) is 4.95. The Balaban J connectivity index is 2.08. The fourth-order valence-electron chi connectivity index (χ4n) is 3.51. The lowest BCUT2D eigenvalue weighted by atomic mass is 10.0. The van der Waals surface area contributed by atoms with E-state index in [0.717, 1.165) is 0 Å². The van der Waals surface area contributed by atoms with E-state index in [0.29, 0.717) is 61.2 Å². The largest absolute Gasteiger partial charge is 0.494 e. The molecule has 2 aromatic rings. The predicted molar refractivity (Wildman–Crippen MR) is 119 cm³/mol. The molecule has 3 rings (SSSR count). The summed E-state index contributed by atoms with van der Waals surface area (Å²) < 4.78 is 16.0. The van der Waals surface area contributed by atoms with Crippen LogP contribution >= 0.6 is 0 Å². The van der Waals surface area contributed by atoms with Crippen molar-refractivity contribution in [3.63, 3.8) is 0 Å². The number of carbonyl (C=O) groups is 2. The zero-order valence-corrected chi connectivity index (χ0v) is 18.2. The molecule has 0 unspecified atom stereocenters. The molecule has 0 fully saturated rings. The van der Waals surface area contributed by atoms with Crippen LogP contribution in [-0.2, 0) is 19.1 Å².